The van der Waals surface area contributed by atoms with Crippen LogP contribution in [0.1, 0.15) is 24.5 Å². The summed E-state index contributed by atoms with van der Waals surface area (Å²) in [6.45, 7) is 1.92. The summed E-state index contributed by atoms with van der Waals surface area (Å²) < 4.78 is 37.5. The van der Waals surface area contributed by atoms with E-state index >= 15 is 0 Å². The first-order chi connectivity index (χ1) is 8.38. The van der Waals surface area contributed by atoms with E-state index in [-0.39, 0.29) is 10.8 Å². The highest BCUT2D eigenvalue weighted by atomic mass is 35.5. The van der Waals surface area contributed by atoms with Crippen molar-refractivity contribution in [1.29, 1.82) is 5.26 Å². The topological polar surface area (TPSA) is 23.8 Å². The molecule has 0 aliphatic heterocycles. The number of hydrogen-bond acceptors (Lipinski definition) is 2. The second-order valence-corrected chi connectivity index (χ2v) is 5.58. The number of halogens is 4. The van der Waals surface area contributed by atoms with E-state index in [2.05, 4.69) is 0 Å². The van der Waals surface area contributed by atoms with Gasteiger partial charge in [-0.1, -0.05) is 6.92 Å². The van der Waals surface area contributed by atoms with Crippen molar-refractivity contribution in [3.8, 4) is 6.07 Å². The van der Waals surface area contributed by atoms with Crippen molar-refractivity contribution < 1.29 is 13.2 Å². The third-order valence-corrected chi connectivity index (χ3v) is 3.74. The molecule has 0 N–H and O–H groups in total. The first kappa shape index (κ1) is 15.2. The fourth-order valence-electron chi connectivity index (χ4n) is 1.33. The maximum absolute atomic E-state index is 12.5. The number of thioether (sulfide) groups is 1. The predicted molar refractivity (Wildman–Crippen MR) is 66.8 cm³/mol. The predicted octanol–water partition coefficient (Wildman–Crippen LogP) is 4.69. The normalized spacial score (nSPS) is 13.1. The smallest absolute Gasteiger partial charge is 0.192 e. The minimum absolute atomic E-state index is 0.0521. The number of alkyl halides is 4. The maximum Gasteiger partial charge on any atom is 0.416 e. The summed E-state index contributed by atoms with van der Waals surface area (Å²) in [5, 5.41) is 9.05. The van der Waals surface area contributed by atoms with Gasteiger partial charge in [0, 0.05) is 16.0 Å². The Bertz CT molecular complexity index is 454. The Morgan fingerprint density at radius 3 is 2.61 bits per heavy atom. The van der Waals surface area contributed by atoms with Gasteiger partial charge in [0.1, 0.15) is 6.07 Å². The van der Waals surface area contributed by atoms with E-state index in [0.717, 1.165) is 18.6 Å². The molecule has 0 aromatic heterocycles. The van der Waals surface area contributed by atoms with E-state index in [1.807, 2.05) is 6.92 Å². The zero-order chi connectivity index (χ0) is 13.8. The molecule has 1 unspecified atom stereocenters. The van der Waals surface area contributed by atoms with Gasteiger partial charge in [0.05, 0.1) is 11.1 Å². The molecular formula is C12H11ClF3NS. The minimum atomic E-state index is -4.42. The van der Waals surface area contributed by atoms with Crippen molar-refractivity contribution in [1.82, 2.24) is 0 Å². The van der Waals surface area contributed by atoms with Crippen LogP contribution in [-0.4, -0.2) is 11.1 Å². The molecule has 1 atom stereocenters. The Labute approximate surface area is 113 Å². The molecule has 1 aromatic carbocycles. The van der Waals surface area contributed by atoms with Crippen LogP contribution in [0.2, 0.25) is 0 Å². The number of rotatable bonds is 4. The average Bonchev–Trinajstić information content (AvgIpc) is 2.28. The van der Waals surface area contributed by atoms with Gasteiger partial charge in [-0.15, -0.1) is 23.4 Å². The van der Waals surface area contributed by atoms with Gasteiger partial charge in [-0.2, -0.15) is 18.4 Å². The Balaban J connectivity index is 2.98. The summed E-state index contributed by atoms with van der Waals surface area (Å²) in [5.41, 5.74) is -0.746. The van der Waals surface area contributed by atoms with Gasteiger partial charge in [0.2, 0.25) is 0 Å². The number of hydrogen-bond donors (Lipinski definition) is 0. The summed E-state index contributed by atoms with van der Waals surface area (Å²) in [5.74, 6) is 0.483. The van der Waals surface area contributed by atoms with Gasteiger partial charge in [0.15, 0.2) is 0 Å². The van der Waals surface area contributed by atoms with Crippen LogP contribution >= 0.6 is 23.4 Å². The molecule has 0 aliphatic carbocycles. The van der Waals surface area contributed by atoms with Crippen molar-refractivity contribution in [3.05, 3.63) is 29.3 Å². The van der Waals surface area contributed by atoms with Crippen LogP contribution in [-0.2, 0) is 6.18 Å². The first-order valence-corrected chi connectivity index (χ1v) is 6.64. The fourth-order valence-corrected chi connectivity index (χ4v) is 2.83. The largest absolute Gasteiger partial charge is 0.416 e. The SMILES string of the molecule is CC(CCCl)Sc1ccc(C(F)(F)F)cc1C#N. The van der Waals surface area contributed by atoms with E-state index in [1.54, 1.807) is 6.07 Å². The Morgan fingerprint density at radius 2 is 2.11 bits per heavy atom. The standard InChI is InChI=1S/C12H11ClF3NS/c1-8(4-5-13)18-11-3-2-10(12(14,15)16)6-9(11)7-17/h2-3,6,8H,4-5H2,1H3. The highest BCUT2D eigenvalue weighted by Gasteiger charge is 2.31. The van der Waals surface area contributed by atoms with Crippen LogP contribution < -0.4 is 0 Å². The quantitative estimate of drug-likeness (QED) is 0.594. The second-order valence-electron chi connectivity index (χ2n) is 3.73. The highest BCUT2D eigenvalue weighted by Crippen LogP contribution is 2.34. The molecule has 0 saturated carbocycles. The summed E-state index contributed by atoms with van der Waals surface area (Å²) in [6.07, 6.45) is -3.69. The zero-order valence-corrected chi connectivity index (χ0v) is 11.2. The summed E-state index contributed by atoms with van der Waals surface area (Å²) in [6, 6.07) is 5.03. The van der Waals surface area contributed by atoms with Crippen molar-refractivity contribution in [3.63, 3.8) is 0 Å². The second kappa shape index (κ2) is 6.35. The molecule has 0 heterocycles. The van der Waals surface area contributed by atoms with E-state index in [0.29, 0.717) is 10.8 Å². The van der Waals surface area contributed by atoms with E-state index in [9.17, 15) is 13.2 Å². The van der Waals surface area contributed by atoms with Gasteiger partial charge < -0.3 is 0 Å². The van der Waals surface area contributed by atoms with Gasteiger partial charge in [0.25, 0.3) is 0 Å². The highest BCUT2D eigenvalue weighted by molar-refractivity contribution is 8.00. The van der Waals surface area contributed by atoms with Gasteiger partial charge in [-0.05, 0) is 24.6 Å². The molecule has 18 heavy (non-hydrogen) atoms. The van der Waals surface area contributed by atoms with E-state index < -0.39 is 11.7 Å². The molecule has 0 aliphatic rings. The van der Waals surface area contributed by atoms with Crippen molar-refractivity contribution >= 4 is 23.4 Å². The lowest BCUT2D eigenvalue weighted by Crippen LogP contribution is -2.06. The molecule has 0 spiro atoms. The van der Waals surface area contributed by atoms with Crippen molar-refractivity contribution in [2.75, 3.05) is 5.88 Å². The first-order valence-electron chi connectivity index (χ1n) is 5.22. The van der Waals surface area contributed by atoms with Gasteiger partial charge in [-0.25, -0.2) is 0 Å². The third-order valence-electron chi connectivity index (χ3n) is 2.27. The molecule has 1 nitrogen and oxygen atoms in total. The Kier molecular flexibility index (Phi) is 5.36. The molecule has 98 valence electrons. The van der Waals surface area contributed by atoms with E-state index in [4.69, 9.17) is 16.9 Å². The molecule has 0 saturated heterocycles. The van der Waals surface area contributed by atoms with Crippen LogP contribution in [0, 0.1) is 11.3 Å². The average molecular weight is 294 g/mol. The summed E-state index contributed by atoms with van der Waals surface area (Å²) in [7, 11) is 0. The molecule has 6 heteroatoms. The number of benzene rings is 1. The van der Waals surface area contributed by atoms with Crippen LogP contribution in [0.5, 0.6) is 0 Å². The van der Waals surface area contributed by atoms with Crippen LogP contribution in [0.4, 0.5) is 13.2 Å². The lowest BCUT2D eigenvalue weighted by molar-refractivity contribution is -0.137. The van der Waals surface area contributed by atoms with Crippen LogP contribution in [0.15, 0.2) is 23.1 Å². The van der Waals surface area contributed by atoms with E-state index in [1.165, 1.54) is 17.8 Å². The minimum Gasteiger partial charge on any atom is -0.192 e. The fraction of sp³-hybridized carbons (Fsp3) is 0.417. The lowest BCUT2D eigenvalue weighted by Gasteiger charge is -2.12. The van der Waals surface area contributed by atoms with Crippen LogP contribution in [0.25, 0.3) is 0 Å². The molecule has 0 fully saturated rings. The number of nitrogens with zero attached hydrogens (tertiary/aromatic N) is 1. The molecule has 0 amide bonds. The summed E-state index contributed by atoms with van der Waals surface area (Å²) in [4.78, 5) is 0.558. The van der Waals surface area contributed by atoms with Crippen molar-refractivity contribution in [2.45, 2.75) is 29.7 Å². The Morgan fingerprint density at radius 1 is 1.44 bits per heavy atom. The molecular weight excluding hydrogens is 283 g/mol. The van der Waals surface area contributed by atoms with Gasteiger partial charge >= 0.3 is 6.18 Å². The summed E-state index contributed by atoms with van der Waals surface area (Å²) >= 11 is 6.96. The number of nitriles is 1. The monoisotopic (exact) mass is 293 g/mol. The third kappa shape index (κ3) is 4.11. The maximum atomic E-state index is 12.5. The lowest BCUT2D eigenvalue weighted by atomic mass is 10.1. The molecule has 1 aromatic rings. The Hall–Kier alpha value is -0.860. The zero-order valence-electron chi connectivity index (χ0n) is 9.59. The van der Waals surface area contributed by atoms with Crippen LogP contribution in [0.3, 0.4) is 0 Å². The van der Waals surface area contributed by atoms with Gasteiger partial charge in [-0.3, -0.25) is 0 Å². The molecule has 0 bridgehead atoms. The molecule has 1 rings (SSSR count). The van der Waals surface area contributed by atoms with Crippen molar-refractivity contribution in [2.24, 2.45) is 0 Å². The molecule has 0 radical (unpaired) electrons.